The SMILES string of the molecule is Cc1cccc2c(=O)n(CC(=O)NC(CC(C)C)c3ccccc3)cnc12. The first-order valence-corrected chi connectivity index (χ1v) is 9.24. The number of carbonyl (C=O) groups excluding carboxylic acids is 1. The van der Waals surface area contributed by atoms with Gasteiger partial charge in [0.25, 0.3) is 5.56 Å². The Kier molecular flexibility index (Phi) is 5.69. The van der Waals surface area contributed by atoms with Gasteiger partial charge in [-0.05, 0) is 36.5 Å². The van der Waals surface area contributed by atoms with E-state index in [1.165, 1.54) is 10.9 Å². The number of nitrogens with one attached hydrogen (secondary N) is 1. The van der Waals surface area contributed by atoms with Crippen molar-refractivity contribution in [2.45, 2.75) is 39.8 Å². The van der Waals surface area contributed by atoms with Crippen molar-refractivity contribution in [3.05, 3.63) is 76.3 Å². The Balaban J connectivity index is 1.81. The van der Waals surface area contributed by atoms with E-state index in [1.54, 1.807) is 6.07 Å². The fraction of sp³-hybridized carbons (Fsp3) is 0.318. The molecule has 3 rings (SSSR count). The van der Waals surface area contributed by atoms with Crippen molar-refractivity contribution in [2.75, 3.05) is 0 Å². The number of nitrogens with zero attached hydrogens (tertiary/aromatic N) is 2. The highest BCUT2D eigenvalue weighted by atomic mass is 16.2. The molecule has 1 atom stereocenters. The van der Waals surface area contributed by atoms with Gasteiger partial charge in [-0.2, -0.15) is 0 Å². The van der Waals surface area contributed by atoms with Gasteiger partial charge in [-0.15, -0.1) is 0 Å². The molecule has 0 aliphatic heterocycles. The van der Waals surface area contributed by atoms with Crippen LogP contribution in [0, 0.1) is 12.8 Å². The number of hydrogen-bond donors (Lipinski definition) is 1. The summed E-state index contributed by atoms with van der Waals surface area (Å²) in [6, 6.07) is 15.3. The van der Waals surface area contributed by atoms with Gasteiger partial charge in [0.15, 0.2) is 0 Å². The topological polar surface area (TPSA) is 64.0 Å². The molecule has 0 radical (unpaired) electrons. The van der Waals surface area contributed by atoms with E-state index in [-0.39, 0.29) is 24.1 Å². The van der Waals surface area contributed by atoms with Crippen molar-refractivity contribution in [1.82, 2.24) is 14.9 Å². The maximum absolute atomic E-state index is 12.7. The summed E-state index contributed by atoms with van der Waals surface area (Å²) < 4.78 is 1.37. The standard InChI is InChI=1S/C22H25N3O2/c1-15(2)12-19(17-9-5-4-6-10-17)24-20(26)13-25-14-23-21-16(3)8-7-11-18(21)22(25)27/h4-11,14-15,19H,12-13H2,1-3H3,(H,24,26). The number of aromatic nitrogens is 2. The zero-order chi connectivity index (χ0) is 19.4. The van der Waals surface area contributed by atoms with Crippen molar-refractivity contribution in [1.29, 1.82) is 0 Å². The second kappa shape index (κ2) is 8.16. The largest absolute Gasteiger partial charge is 0.348 e. The van der Waals surface area contributed by atoms with E-state index in [4.69, 9.17) is 0 Å². The molecule has 1 amide bonds. The zero-order valence-corrected chi connectivity index (χ0v) is 16.0. The summed E-state index contributed by atoms with van der Waals surface area (Å²) >= 11 is 0. The van der Waals surface area contributed by atoms with Crippen LogP contribution < -0.4 is 10.9 Å². The van der Waals surface area contributed by atoms with Crippen LogP contribution in [0.2, 0.25) is 0 Å². The first-order valence-electron chi connectivity index (χ1n) is 9.24. The van der Waals surface area contributed by atoms with Gasteiger partial charge < -0.3 is 5.32 Å². The van der Waals surface area contributed by atoms with E-state index in [9.17, 15) is 9.59 Å². The molecular formula is C22H25N3O2. The molecule has 0 saturated carbocycles. The molecule has 1 N–H and O–H groups in total. The van der Waals surface area contributed by atoms with Crippen molar-refractivity contribution >= 4 is 16.8 Å². The van der Waals surface area contributed by atoms with E-state index in [0.29, 0.717) is 16.8 Å². The van der Waals surface area contributed by atoms with E-state index >= 15 is 0 Å². The van der Waals surface area contributed by atoms with Crippen molar-refractivity contribution < 1.29 is 4.79 Å². The molecule has 0 spiro atoms. The van der Waals surface area contributed by atoms with Crippen LogP contribution in [0.15, 0.2) is 59.7 Å². The monoisotopic (exact) mass is 363 g/mol. The lowest BCUT2D eigenvalue weighted by molar-refractivity contribution is -0.122. The lowest BCUT2D eigenvalue weighted by Gasteiger charge is -2.21. The lowest BCUT2D eigenvalue weighted by Crippen LogP contribution is -2.35. The molecule has 5 heteroatoms. The first kappa shape index (κ1) is 18.8. The summed E-state index contributed by atoms with van der Waals surface area (Å²) in [5.74, 6) is 0.240. The van der Waals surface area contributed by atoms with Crippen molar-refractivity contribution in [3.63, 3.8) is 0 Å². The highest BCUT2D eigenvalue weighted by Gasteiger charge is 2.17. The average Bonchev–Trinajstić information content (AvgIpc) is 2.64. The normalized spacial score (nSPS) is 12.3. The smallest absolute Gasteiger partial charge is 0.261 e. The van der Waals surface area contributed by atoms with E-state index < -0.39 is 0 Å². The molecule has 1 aromatic heterocycles. The average molecular weight is 363 g/mol. The molecule has 0 bridgehead atoms. The molecule has 3 aromatic rings. The predicted molar refractivity (Wildman–Crippen MR) is 108 cm³/mol. The molecular weight excluding hydrogens is 338 g/mol. The van der Waals surface area contributed by atoms with Gasteiger partial charge in [0.2, 0.25) is 5.91 Å². The molecule has 140 valence electrons. The zero-order valence-electron chi connectivity index (χ0n) is 16.0. The number of para-hydroxylation sites is 1. The molecule has 0 fully saturated rings. The van der Waals surface area contributed by atoms with Gasteiger partial charge in [0, 0.05) is 0 Å². The minimum absolute atomic E-state index is 0.0445. The number of aryl methyl sites for hydroxylation is 1. The van der Waals surface area contributed by atoms with E-state index in [2.05, 4.69) is 24.1 Å². The third-order valence-electron chi connectivity index (χ3n) is 4.61. The Labute approximate surface area is 159 Å². The molecule has 27 heavy (non-hydrogen) atoms. The molecule has 0 aliphatic rings. The third-order valence-corrected chi connectivity index (χ3v) is 4.61. The van der Waals surface area contributed by atoms with Gasteiger partial charge in [-0.25, -0.2) is 4.98 Å². The Bertz CT molecular complexity index is 993. The van der Waals surface area contributed by atoms with Crippen LogP contribution in [-0.4, -0.2) is 15.5 Å². The molecule has 5 nitrogen and oxygen atoms in total. The van der Waals surface area contributed by atoms with Crippen molar-refractivity contribution in [2.24, 2.45) is 5.92 Å². The van der Waals surface area contributed by atoms with Crippen LogP contribution in [0.25, 0.3) is 10.9 Å². The highest BCUT2D eigenvalue weighted by Crippen LogP contribution is 2.21. The summed E-state index contributed by atoms with van der Waals surface area (Å²) in [7, 11) is 0. The van der Waals surface area contributed by atoms with Gasteiger partial charge in [0.05, 0.1) is 23.3 Å². The molecule has 0 saturated heterocycles. The summed E-state index contributed by atoms with van der Waals surface area (Å²) in [4.78, 5) is 29.7. The van der Waals surface area contributed by atoms with Crippen LogP contribution in [0.1, 0.15) is 37.4 Å². The number of hydrogen-bond acceptors (Lipinski definition) is 3. The Morgan fingerprint density at radius 3 is 2.56 bits per heavy atom. The molecule has 1 heterocycles. The van der Waals surface area contributed by atoms with E-state index in [1.807, 2.05) is 49.4 Å². The van der Waals surface area contributed by atoms with Crippen LogP contribution in [0.3, 0.4) is 0 Å². The quantitative estimate of drug-likeness (QED) is 0.728. The van der Waals surface area contributed by atoms with Crippen LogP contribution in [0.5, 0.6) is 0 Å². The summed E-state index contributed by atoms with van der Waals surface area (Å²) in [5, 5.41) is 3.61. The fourth-order valence-electron chi connectivity index (χ4n) is 3.28. The highest BCUT2D eigenvalue weighted by molar-refractivity contribution is 5.81. The fourth-order valence-corrected chi connectivity index (χ4v) is 3.28. The summed E-state index contributed by atoms with van der Waals surface area (Å²) in [6.07, 6.45) is 2.29. The molecule has 0 aliphatic carbocycles. The number of rotatable bonds is 6. The minimum Gasteiger partial charge on any atom is -0.348 e. The lowest BCUT2D eigenvalue weighted by atomic mass is 9.97. The predicted octanol–water partition coefficient (Wildman–Crippen LogP) is 3.61. The Morgan fingerprint density at radius 2 is 1.85 bits per heavy atom. The Morgan fingerprint density at radius 1 is 1.11 bits per heavy atom. The Hall–Kier alpha value is -2.95. The number of benzene rings is 2. The first-order chi connectivity index (χ1) is 13.0. The van der Waals surface area contributed by atoms with Crippen LogP contribution in [-0.2, 0) is 11.3 Å². The molecule has 1 unspecified atom stereocenters. The summed E-state index contributed by atoms with van der Waals surface area (Å²) in [6.45, 7) is 6.13. The maximum Gasteiger partial charge on any atom is 0.261 e. The maximum atomic E-state index is 12.7. The number of fused-ring (bicyclic) bond motifs is 1. The molecule has 2 aromatic carbocycles. The van der Waals surface area contributed by atoms with Crippen molar-refractivity contribution in [3.8, 4) is 0 Å². The van der Waals surface area contributed by atoms with Gasteiger partial charge in [0.1, 0.15) is 6.54 Å². The van der Waals surface area contributed by atoms with Gasteiger partial charge >= 0.3 is 0 Å². The number of amides is 1. The second-order valence-corrected chi connectivity index (χ2v) is 7.31. The van der Waals surface area contributed by atoms with Crippen LogP contribution in [0.4, 0.5) is 0 Å². The minimum atomic E-state index is -0.195. The van der Waals surface area contributed by atoms with Gasteiger partial charge in [-0.1, -0.05) is 56.3 Å². The number of carbonyl (C=O) groups is 1. The van der Waals surface area contributed by atoms with E-state index in [0.717, 1.165) is 17.5 Å². The van der Waals surface area contributed by atoms with Crippen LogP contribution >= 0.6 is 0 Å². The van der Waals surface area contributed by atoms with Gasteiger partial charge in [-0.3, -0.25) is 14.2 Å². The summed E-state index contributed by atoms with van der Waals surface area (Å²) in [5.41, 5.74) is 2.50. The second-order valence-electron chi connectivity index (χ2n) is 7.31. The third kappa shape index (κ3) is 4.42.